The van der Waals surface area contributed by atoms with E-state index in [9.17, 15) is 0 Å². The molecule has 98 valence electrons. The minimum atomic E-state index is 0.671. The Morgan fingerprint density at radius 3 is 2.72 bits per heavy atom. The van der Waals surface area contributed by atoms with E-state index in [-0.39, 0.29) is 0 Å². The van der Waals surface area contributed by atoms with Gasteiger partial charge in [0.15, 0.2) is 0 Å². The first kappa shape index (κ1) is 13.4. The molecule has 0 bridgehead atoms. The monoisotopic (exact) mass is 263 g/mol. The third-order valence-corrected chi connectivity index (χ3v) is 4.30. The van der Waals surface area contributed by atoms with Gasteiger partial charge in [-0.15, -0.1) is 11.3 Å². The Hall–Kier alpha value is -1.06. The maximum atomic E-state index is 5.47. The molecule has 2 aromatic rings. The SMILES string of the molecule is CNCc1sc2c(OC)cccc2c1CC(C)C. The van der Waals surface area contributed by atoms with E-state index in [1.165, 1.54) is 20.5 Å². The van der Waals surface area contributed by atoms with Crippen LogP contribution in [0.15, 0.2) is 18.2 Å². The lowest BCUT2D eigenvalue weighted by molar-refractivity contribution is 0.420. The van der Waals surface area contributed by atoms with E-state index in [0.717, 1.165) is 18.7 Å². The Balaban J connectivity index is 2.59. The highest BCUT2D eigenvalue weighted by atomic mass is 32.1. The first-order valence-electron chi connectivity index (χ1n) is 6.39. The van der Waals surface area contributed by atoms with Gasteiger partial charge in [0.2, 0.25) is 0 Å². The summed E-state index contributed by atoms with van der Waals surface area (Å²) in [6.07, 6.45) is 1.13. The number of benzene rings is 1. The average molecular weight is 263 g/mol. The van der Waals surface area contributed by atoms with Gasteiger partial charge in [-0.3, -0.25) is 0 Å². The van der Waals surface area contributed by atoms with Crippen LogP contribution in [0.3, 0.4) is 0 Å². The first-order chi connectivity index (χ1) is 8.67. The third kappa shape index (κ3) is 2.52. The third-order valence-electron chi connectivity index (χ3n) is 3.04. The fraction of sp³-hybridized carbons (Fsp3) is 0.467. The van der Waals surface area contributed by atoms with Crippen LogP contribution in [0.5, 0.6) is 5.75 Å². The molecule has 0 radical (unpaired) electrons. The molecule has 0 atom stereocenters. The molecule has 0 saturated heterocycles. The highest BCUT2D eigenvalue weighted by molar-refractivity contribution is 7.19. The minimum absolute atomic E-state index is 0.671. The van der Waals surface area contributed by atoms with E-state index in [1.54, 1.807) is 7.11 Å². The van der Waals surface area contributed by atoms with Gasteiger partial charge in [-0.1, -0.05) is 26.0 Å². The molecule has 0 fully saturated rings. The quantitative estimate of drug-likeness (QED) is 0.885. The van der Waals surface area contributed by atoms with Crippen LogP contribution in [0, 0.1) is 5.92 Å². The van der Waals surface area contributed by atoms with Crippen molar-refractivity contribution < 1.29 is 4.74 Å². The summed E-state index contributed by atoms with van der Waals surface area (Å²) in [5.74, 6) is 1.66. The molecule has 0 aliphatic rings. The Morgan fingerprint density at radius 1 is 1.33 bits per heavy atom. The Morgan fingerprint density at radius 2 is 2.11 bits per heavy atom. The molecular formula is C15H21NOS. The number of thiophene rings is 1. The van der Waals surface area contributed by atoms with Gasteiger partial charge in [0.1, 0.15) is 5.75 Å². The average Bonchev–Trinajstić information content (AvgIpc) is 2.67. The van der Waals surface area contributed by atoms with E-state index in [0.29, 0.717) is 5.92 Å². The second kappa shape index (κ2) is 5.72. The highest BCUT2D eigenvalue weighted by Gasteiger charge is 2.15. The van der Waals surface area contributed by atoms with Crippen molar-refractivity contribution in [1.29, 1.82) is 0 Å². The van der Waals surface area contributed by atoms with Gasteiger partial charge < -0.3 is 10.1 Å². The normalized spacial score (nSPS) is 11.4. The van der Waals surface area contributed by atoms with Crippen LogP contribution in [0.4, 0.5) is 0 Å². The summed E-state index contributed by atoms with van der Waals surface area (Å²) in [5.41, 5.74) is 1.48. The largest absolute Gasteiger partial charge is 0.495 e. The smallest absolute Gasteiger partial charge is 0.136 e. The van der Waals surface area contributed by atoms with E-state index >= 15 is 0 Å². The summed E-state index contributed by atoms with van der Waals surface area (Å²) in [7, 11) is 3.75. The lowest BCUT2D eigenvalue weighted by Crippen LogP contribution is -2.06. The zero-order valence-electron chi connectivity index (χ0n) is 11.5. The predicted molar refractivity (Wildman–Crippen MR) is 79.7 cm³/mol. The molecule has 0 aliphatic carbocycles. The van der Waals surface area contributed by atoms with Gasteiger partial charge >= 0.3 is 0 Å². The van der Waals surface area contributed by atoms with Crippen LogP contribution in [0.2, 0.25) is 0 Å². The zero-order chi connectivity index (χ0) is 13.1. The Kier molecular flexibility index (Phi) is 4.25. The lowest BCUT2D eigenvalue weighted by Gasteiger charge is -2.07. The number of hydrogen-bond donors (Lipinski definition) is 1. The number of ether oxygens (including phenoxy) is 1. The zero-order valence-corrected chi connectivity index (χ0v) is 12.4. The lowest BCUT2D eigenvalue weighted by atomic mass is 9.99. The molecule has 1 aromatic heterocycles. The van der Waals surface area contributed by atoms with Crippen molar-refractivity contribution in [2.75, 3.05) is 14.2 Å². The number of nitrogens with one attached hydrogen (secondary N) is 1. The number of fused-ring (bicyclic) bond motifs is 1. The van der Waals surface area contributed by atoms with Crippen molar-refractivity contribution in [2.24, 2.45) is 5.92 Å². The summed E-state index contributed by atoms with van der Waals surface area (Å²) < 4.78 is 6.75. The number of rotatable bonds is 5. The maximum absolute atomic E-state index is 5.47. The van der Waals surface area contributed by atoms with Gasteiger partial charge in [-0.2, -0.15) is 0 Å². The minimum Gasteiger partial charge on any atom is -0.495 e. The van der Waals surface area contributed by atoms with E-state index < -0.39 is 0 Å². The van der Waals surface area contributed by atoms with Gasteiger partial charge in [-0.05, 0) is 36.4 Å². The topological polar surface area (TPSA) is 21.3 Å². The van der Waals surface area contributed by atoms with Crippen molar-refractivity contribution in [1.82, 2.24) is 5.32 Å². The van der Waals surface area contributed by atoms with Gasteiger partial charge in [0.25, 0.3) is 0 Å². The molecule has 0 saturated carbocycles. The van der Waals surface area contributed by atoms with Gasteiger partial charge in [-0.25, -0.2) is 0 Å². The molecule has 0 amide bonds. The molecule has 1 N–H and O–H groups in total. The standard InChI is InChI=1S/C15H21NOS/c1-10(2)8-12-11-6-5-7-13(17-4)15(11)18-14(12)9-16-3/h5-7,10,16H,8-9H2,1-4H3. The van der Waals surface area contributed by atoms with Crippen LogP contribution in [-0.2, 0) is 13.0 Å². The van der Waals surface area contributed by atoms with Crippen molar-refractivity contribution in [3.63, 3.8) is 0 Å². The van der Waals surface area contributed by atoms with Crippen LogP contribution >= 0.6 is 11.3 Å². The number of hydrogen-bond acceptors (Lipinski definition) is 3. The fourth-order valence-electron chi connectivity index (χ4n) is 2.29. The van der Waals surface area contributed by atoms with Crippen LogP contribution in [-0.4, -0.2) is 14.2 Å². The van der Waals surface area contributed by atoms with Crippen molar-refractivity contribution >= 4 is 21.4 Å². The van der Waals surface area contributed by atoms with E-state index in [4.69, 9.17) is 4.74 Å². The summed E-state index contributed by atoms with van der Waals surface area (Å²) in [5, 5.41) is 4.63. The van der Waals surface area contributed by atoms with Gasteiger partial charge in [0, 0.05) is 11.4 Å². The molecule has 1 aromatic carbocycles. The van der Waals surface area contributed by atoms with Crippen molar-refractivity contribution in [2.45, 2.75) is 26.8 Å². The van der Waals surface area contributed by atoms with Crippen LogP contribution in [0.25, 0.3) is 10.1 Å². The predicted octanol–water partition coefficient (Wildman–Crippen LogP) is 3.83. The first-order valence-corrected chi connectivity index (χ1v) is 7.20. The molecule has 2 nitrogen and oxygen atoms in total. The molecule has 1 heterocycles. The molecule has 0 spiro atoms. The molecule has 18 heavy (non-hydrogen) atoms. The van der Waals surface area contributed by atoms with E-state index in [1.807, 2.05) is 24.5 Å². The maximum Gasteiger partial charge on any atom is 0.136 e. The Labute approximate surface area is 113 Å². The second-order valence-electron chi connectivity index (χ2n) is 4.97. The second-order valence-corrected chi connectivity index (χ2v) is 6.07. The summed E-state index contributed by atoms with van der Waals surface area (Å²) in [6.45, 7) is 5.48. The molecular weight excluding hydrogens is 242 g/mol. The fourth-order valence-corrected chi connectivity index (χ4v) is 3.62. The molecule has 3 heteroatoms. The van der Waals surface area contributed by atoms with Crippen LogP contribution < -0.4 is 10.1 Å². The van der Waals surface area contributed by atoms with Crippen molar-refractivity contribution in [3.8, 4) is 5.75 Å². The molecule has 0 aliphatic heterocycles. The summed E-state index contributed by atoms with van der Waals surface area (Å²) >= 11 is 1.85. The molecule has 2 rings (SSSR count). The highest BCUT2D eigenvalue weighted by Crippen LogP contribution is 2.38. The summed E-state index contributed by atoms with van der Waals surface area (Å²) in [6, 6.07) is 6.34. The Bertz CT molecular complexity index is 531. The summed E-state index contributed by atoms with van der Waals surface area (Å²) in [4.78, 5) is 1.44. The van der Waals surface area contributed by atoms with Crippen molar-refractivity contribution in [3.05, 3.63) is 28.6 Å². The van der Waals surface area contributed by atoms with Crippen LogP contribution in [0.1, 0.15) is 24.3 Å². The number of methoxy groups -OCH3 is 1. The molecule has 0 unspecified atom stereocenters. The van der Waals surface area contributed by atoms with Gasteiger partial charge in [0.05, 0.1) is 11.8 Å². The van der Waals surface area contributed by atoms with E-state index in [2.05, 4.69) is 31.3 Å².